The molecule has 2 unspecified atom stereocenters. The Kier molecular flexibility index (Phi) is 5.67. The van der Waals surface area contributed by atoms with E-state index in [4.69, 9.17) is 0 Å². The molecule has 1 N–H and O–H groups in total. The molecular weight excluding hydrogens is 220 g/mol. The molecule has 0 aliphatic heterocycles. The van der Waals surface area contributed by atoms with E-state index in [0.29, 0.717) is 18.0 Å². The Morgan fingerprint density at radius 2 is 1.67 bits per heavy atom. The minimum absolute atomic E-state index is 0.229. The molecule has 108 valence electrons. The van der Waals surface area contributed by atoms with Crippen LogP contribution in [0.4, 0.5) is 0 Å². The molecule has 0 spiro atoms. The molecule has 18 heavy (non-hydrogen) atoms. The second-order valence-corrected chi connectivity index (χ2v) is 7.58. The summed E-state index contributed by atoms with van der Waals surface area (Å²) in [7, 11) is 0. The van der Waals surface area contributed by atoms with Crippen LogP contribution >= 0.6 is 0 Å². The van der Waals surface area contributed by atoms with E-state index >= 15 is 0 Å². The van der Waals surface area contributed by atoms with Gasteiger partial charge in [0.1, 0.15) is 0 Å². The Bertz CT molecular complexity index is 238. The van der Waals surface area contributed by atoms with E-state index in [1.165, 1.54) is 19.4 Å². The molecule has 2 heteroatoms. The molecule has 0 heterocycles. The van der Waals surface area contributed by atoms with Gasteiger partial charge in [-0.3, -0.25) is 4.90 Å². The van der Waals surface area contributed by atoms with Crippen LogP contribution in [-0.2, 0) is 0 Å². The van der Waals surface area contributed by atoms with Crippen LogP contribution in [0.1, 0.15) is 61.3 Å². The third-order valence-corrected chi connectivity index (χ3v) is 4.13. The predicted octanol–water partition coefficient (Wildman–Crippen LogP) is 3.52. The molecule has 2 nitrogen and oxygen atoms in total. The first kappa shape index (κ1) is 16.0. The molecule has 0 aromatic heterocycles. The van der Waals surface area contributed by atoms with E-state index < -0.39 is 0 Å². The summed E-state index contributed by atoms with van der Waals surface area (Å²) in [5, 5.41) is 3.64. The standard InChI is InChI=1S/C16H34N2/c1-12(2)18(11-15-8-9-15)14(4)13(3)10-17-16(5,6)7/h12-15,17H,8-11H2,1-7H3. The summed E-state index contributed by atoms with van der Waals surface area (Å²) in [5.41, 5.74) is 0.229. The first-order valence-corrected chi connectivity index (χ1v) is 7.71. The summed E-state index contributed by atoms with van der Waals surface area (Å²) in [6, 6.07) is 1.33. The Morgan fingerprint density at radius 3 is 2.06 bits per heavy atom. The fourth-order valence-electron chi connectivity index (χ4n) is 2.41. The molecule has 0 bridgehead atoms. The molecule has 2 atom stereocenters. The van der Waals surface area contributed by atoms with Crippen molar-refractivity contribution >= 4 is 0 Å². The van der Waals surface area contributed by atoms with Gasteiger partial charge in [0.15, 0.2) is 0 Å². The van der Waals surface area contributed by atoms with Crippen LogP contribution in [0.5, 0.6) is 0 Å². The smallest absolute Gasteiger partial charge is 0.0107 e. The number of hydrogen-bond acceptors (Lipinski definition) is 2. The zero-order valence-electron chi connectivity index (χ0n) is 13.6. The van der Waals surface area contributed by atoms with Crippen molar-refractivity contribution in [1.82, 2.24) is 10.2 Å². The minimum atomic E-state index is 0.229. The first-order valence-electron chi connectivity index (χ1n) is 7.71. The molecule has 1 fully saturated rings. The van der Waals surface area contributed by atoms with Crippen molar-refractivity contribution < 1.29 is 0 Å². The van der Waals surface area contributed by atoms with Crippen LogP contribution in [-0.4, -0.2) is 35.6 Å². The van der Waals surface area contributed by atoms with Gasteiger partial charge in [-0.2, -0.15) is 0 Å². The van der Waals surface area contributed by atoms with Crippen LogP contribution < -0.4 is 5.32 Å². The van der Waals surface area contributed by atoms with Crippen molar-refractivity contribution in [2.24, 2.45) is 11.8 Å². The average Bonchev–Trinajstić information content (AvgIpc) is 3.03. The molecule has 0 radical (unpaired) electrons. The lowest BCUT2D eigenvalue weighted by atomic mass is 9.98. The van der Waals surface area contributed by atoms with Gasteiger partial charge in [-0.15, -0.1) is 0 Å². The summed E-state index contributed by atoms with van der Waals surface area (Å²) in [6.07, 6.45) is 2.90. The highest BCUT2D eigenvalue weighted by atomic mass is 15.2. The summed E-state index contributed by atoms with van der Waals surface area (Å²) >= 11 is 0. The van der Waals surface area contributed by atoms with E-state index in [9.17, 15) is 0 Å². The maximum Gasteiger partial charge on any atom is 0.0107 e. The normalized spacial score (nSPS) is 20.5. The summed E-state index contributed by atoms with van der Waals surface area (Å²) in [5.74, 6) is 1.68. The molecule has 1 rings (SSSR count). The number of rotatable bonds is 7. The molecule has 1 aliphatic carbocycles. The fourth-order valence-corrected chi connectivity index (χ4v) is 2.41. The number of nitrogens with zero attached hydrogens (tertiary/aromatic N) is 1. The highest BCUT2D eigenvalue weighted by molar-refractivity contribution is 4.84. The van der Waals surface area contributed by atoms with E-state index in [1.807, 2.05) is 0 Å². The van der Waals surface area contributed by atoms with Crippen LogP contribution in [0.2, 0.25) is 0 Å². The van der Waals surface area contributed by atoms with Crippen molar-refractivity contribution in [2.45, 2.75) is 78.9 Å². The van der Waals surface area contributed by atoms with Gasteiger partial charge in [0.05, 0.1) is 0 Å². The highest BCUT2D eigenvalue weighted by Crippen LogP contribution is 2.31. The van der Waals surface area contributed by atoms with Gasteiger partial charge in [-0.05, 0) is 72.8 Å². The van der Waals surface area contributed by atoms with Crippen molar-refractivity contribution in [2.75, 3.05) is 13.1 Å². The van der Waals surface area contributed by atoms with Crippen LogP contribution in [0.15, 0.2) is 0 Å². The van der Waals surface area contributed by atoms with Gasteiger partial charge in [0.2, 0.25) is 0 Å². The molecule has 0 aromatic carbocycles. The van der Waals surface area contributed by atoms with Crippen molar-refractivity contribution in [1.29, 1.82) is 0 Å². The SMILES string of the molecule is CC(CNC(C)(C)C)C(C)N(CC1CC1)C(C)C. The largest absolute Gasteiger partial charge is 0.312 e. The lowest BCUT2D eigenvalue weighted by molar-refractivity contribution is 0.114. The Morgan fingerprint density at radius 1 is 1.11 bits per heavy atom. The van der Waals surface area contributed by atoms with Gasteiger partial charge in [-0.1, -0.05) is 6.92 Å². The van der Waals surface area contributed by atoms with Crippen molar-refractivity contribution in [3.63, 3.8) is 0 Å². The second-order valence-electron chi connectivity index (χ2n) is 7.58. The lowest BCUT2D eigenvalue weighted by Gasteiger charge is -2.37. The highest BCUT2D eigenvalue weighted by Gasteiger charge is 2.30. The first-order chi connectivity index (χ1) is 8.20. The zero-order chi connectivity index (χ0) is 13.9. The van der Waals surface area contributed by atoms with E-state index in [2.05, 4.69) is 58.7 Å². The Hall–Kier alpha value is -0.0800. The second kappa shape index (κ2) is 6.38. The average molecular weight is 254 g/mol. The molecule has 0 saturated heterocycles. The maximum atomic E-state index is 3.64. The van der Waals surface area contributed by atoms with Gasteiger partial charge in [0.25, 0.3) is 0 Å². The number of nitrogens with one attached hydrogen (secondary N) is 1. The quantitative estimate of drug-likeness (QED) is 0.748. The number of hydrogen-bond donors (Lipinski definition) is 1. The molecule has 1 saturated carbocycles. The summed E-state index contributed by atoms with van der Waals surface area (Å²) < 4.78 is 0. The third kappa shape index (κ3) is 5.71. The molecule has 1 aliphatic rings. The predicted molar refractivity (Wildman–Crippen MR) is 80.9 cm³/mol. The Labute approximate surface area is 115 Å². The van der Waals surface area contributed by atoms with Gasteiger partial charge < -0.3 is 5.32 Å². The monoisotopic (exact) mass is 254 g/mol. The van der Waals surface area contributed by atoms with Crippen LogP contribution in [0, 0.1) is 11.8 Å². The van der Waals surface area contributed by atoms with Crippen molar-refractivity contribution in [3.05, 3.63) is 0 Å². The van der Waals surface area contributed by atoms with Crippen LogP contribution in [0.3, 0.4) is 0 Å². The summed E-state index contributed by atoms with van der Waals surface area (Å²) in [6.45, 7) is 18.6. The molecular formula is C16H34N2. The van der Waals surface area contributed by atoms with Gasteiger partial charge in [0, 0.05) is 24.2 Å². The molecule has 0 amide bonds. The summed E-state index contributed by atoms with van der Waals surface area (Å²) in [4.78, 5) is 2.70. The molecule has 0 aromatic rings. The fraction of sp³-hybridized carbons (Fsp3) is 1.00. The van der Waals surface area contributed by atoms with Gasteiger partial charge in [-0.25, -0.2) is 0 Å². The van der Waals surface area contributed by atoms with E-state index in [1.54, 1.807) is 0 Å². The third-order valence-electron chi connectivity index (χ3n) is 4.13. The maximum absolute atomic E-state index is 3.64. The van der Waals surface area contributed by atoms with Gasteiger partial charge >= 0.3 is 0 Å². The van der Waals surface area contributed by atoms with E-state index in [0.717, 1.165) is 12.5 Å². The zero-order valence-corrected chi connectivity index (χ0v) is 13.6. The van der Waals surface area contributed by atoms with Crippen molar-refractivity contribution in [3.8, 4) is 0 Å². The van der Waals surface area contributed by atoms with Crippen LogP contribution in [0.25, 0.3) is 0 Å². The topological polar surface area (TPSA) is 15.3 Å². The minimum Gasteiger partial charge on any atom is -0.312 e. The van der Waals surface area contributed by atoms with E-state index in [-0.39, 0.29) is 5.54 Å². The Balaban J connectivity index is 2.44. The lowest BCUT2D eigenvalue weighted by Crippen LogP contribution is -2.48.